The molecule has 0 saturated carbocycles. The molecule has 33 heavy (non-hydrogen) atoms. The summed E-state index contributed by atoms with van der Waals surface area (Å²) in [4.78, 5) is 0.0857. The number of amidine groups is 1. The molecule has 0 aromatic heterocycles. The average molecular weight is 457 g/mol. The van der Waals surface area contributed by atoms with E-state index in [0.717, 1.165) is 27.8 Å². The van der Waals surface area contributed by atoms with Gasteiger partial charge in [0.15, 0.2) is 0 Å². The van der Waals surface area contributed by atoms with Crippen LogP contribution in [-0.4, -0.2) is 14.3 Å². The largest absolute Gasteiger partial charge is 0.384 e. The molecule has 7 heteroatoms. The fraction of sp³-hybridized carbons (Fsp3) is 0.0385. The Morgan fingerprint density at radius 2 is 1.36 bits per heavy atom. The minimum Gasteiger partial charge on any atom is -0.384 e. The molecule has 0 amide bonds. The number of nitrogens with one attached hydrogen (secondary N) is 1. The summed E-state index contributed by atoms with van der Waals surface area (Å²) >= 11 is 0. The van der Waals surface area contributed by atoms with Gasteiger partial charge < -0.3 is 11.5 Å². The highest BCUT2D eigenvalue weighted by Gasteiger charge is 2.16. The highest BCUT2D eigenvalue weighted by atomic mass is 32.2. The van der Waals surface area contributed by atoms with Gasteiger partial charge in [-0.2, -0.15) is 0 Å². The Morgan fingerprint density at radius 1 is 0.727 bits per heavy atom. The third kappa shape index (κ3) is 4.85. The standard InChI is InChI=1S/C26H24N4O2S/c27-25(21-7-3-5-19(15-21)20-6-4-8-22(16-20)26(28)29)18-13-11-17(12-14-18)23-9-1-2-10-24(23)33(30,31)32/h1-16,25H,27H2,(H3,28,29)(H2,30,31,32). The van der Waals surface area contributed by atoms with E-state index in [1.54, 1.807) is 24.3 Å². The first-order valence-electron chi connectivity index (χ1n) is 10.3. The number of hydrogen-bond acceptors (Lipinski definition) is 4. The summed E-state index contributed by atoms with van der Waals surface area (Å²) in [6.07, 6.45) is 0. The second-order valence-electron chi connectivity index (χ2n) is 7.76. The fourth-order valence-electron chi connectivity index (χ4n) is 3.79. The quantitative estimate of drug-likeness (QED) is 0.257. The first-order chi connectivity index (χ1) is 15.7. The number of hydrogen-bond donors (Lipinski definition) is 4. The zero-order valence-electron chi connectivity index (χ0n) is 17.8. The van der Waals surface area contributed by atoms with Gasteiger partial charge in [0, 0.05) is 11.1 Å². The molecule has 0 aliphatic rings. The summed E-state index contributed by atoms with van der Waals surface area (Å²) in [6, 6.07) is 29.2. The molecule has 166 valence electrons. The van der Waals surface area contributed by atoms with Crippen molar-refractivity contribution in [2.24, 2.45) is 16.6 Å². The minimum absolute atomic E-state index is 0.0220. The molecule has 4 aromatic rings. The summed E-state index contributed by atoms with van der Waals surface area (Å²) < 4.78 is 23.9. The van der Waals surface area contributed by atoms with Crippen molar-refractivity contribution < 1.29 is 8.42 Å². The van der Waals surface area contributed by atoms with E-state index in [1.165, 1.54) is 6.07 Å². The summed E-state index contributed by atoms with van der Waals surface area (Å²) in [5.41, 5.74) is 17.9. The Bertz CT molecular complexity index is 1430. The van der Waals surface area contributed by atoms with Crippen LogP contribution in [0.25, 0.3) is 22.3 Å². The number of primary sulfonamides is 1. The summed E-state index contributed by atoms with van der Waals surface area (Å²) in [5, 5.41) is 13.0. The molecule has 0 saturated heterocycles. The Kier molecular flexibility index (Phi) is 6.11. The van der Waals surface area contributed by atoms with Gasteiger partial charge in [-0.05, 0) is 46.0 Å². The Morgan fingerprint density at radius 3 is 2.03 bits per heavy atom. The van der Waals surface area contributed by atoms with Crippen LogP contribution in [-0.2, 0) is 10.0 Å². The second kappa shape index (κ2) is 8.99. The molecule has 4 aromatic carbocycles. The van der Waals surface area contributed by atoms with E-state index < -0.39 is 10.0 Å². The molecule has 1 atom stereocenters. The van der Waals surface area contributed by atoms with Crippen molar-refractivity contribution in [3.05, 3.63) is 114 Å². The van der Waals surface area contributed by atoms with Gasteiger partial charge in [-0.3, -0.25) is 5.41 Å². The topological polar surface area (TPSA) is 136 Å². The predicted molar refractivity (Wildman–Crippen MR) is 132 cm³/mol. The molecule has 4 rings (SSSR count). The van der Waals surface area contributed by atoms with Crippen molar-refractivity contribution in [1.82, 2.24) is 0 Å². The zero-order chi connectivity index (χ0) is 23.6. The van der Waals surface area contributed by atoms with E-state index in [1.807, 2.05) is 66.7 Å². The first kappa shape index (κ1) is 22.4. The lowest BCUT2D eigenvalue weighted by atomic mass is 9.94. The van der Waals surface area contributed by atoms with Crippen molar-refractivity contribution in [3.8, 4) is 22.3 Å². The van der Waals surface area contributed by atoms with Gasteiger partial charge in [0.2, 0.25) is 10.0 Å². The Balaban J connectivity index is 1.64. The Hall–Kier alpha value is -3.78. The van der Waals surface area contributed by atoms with Crippen molar-refractivity contribution >= 4 is 15.9 Å². The summed E-state index contributed by atoms with van der Waals surface area (Å²) in [6.45, 7) is 0. The van der Waals surface area contributed by atoms with Gasteiger partial charge in [0.25, 0.3) is 0 Å². The van der Waals surface area contributed by atoms with E-state index in [-0.39, 0.29) is 16.8 Å². The molecule has 0 radical (unpaired) electrons. The van der Waals surface area contributed by atoms with Gasteiger partial charge in [0.05, 0.1) is 10.9 Å². The van der Waals surface area contributed by atoms with Crippen LogP contribution >= 0.6 is 0 Å². The number of rotatable bonds is 6. The lowest BCUT2D eigenvalue weighted by Gasteiger charge is -2.15. The number of nitrogen functional groups attached to an aromatic ring is 1. The van der Waals surface area contributed by atoms with Crippen LogP contribution in [0.3, 0.4) is 0 Å². The molecule has 0 aliphatic carbocycles. The maximum Gasteiger partial charge on any atom is 0.238 e. The number of nitrogens with two attached hydrogens (primary N) is 3. The van der Waals surface area contributed by atoms with E-state index in [9.17, 15) is 8.42 Å². The minimum atomic E-state index is -3.84. The molecule has 0 bridgehead atoms. The van der Waals surface area contributed by atoms with Crippen LogP contribution in [0.15, 0.2) is 102 Å². The van der Waals surface area contributed by atoms with Gasteiger partial charge in [-0.15, -0.1) is 0 Å². The first-order valence-corrected chi connectivity index (χ1v) is 11.8. The SMILES string of the molecule is N=C(N)c1cccc(-c2cccc(C(N)c3ccc(-c4ccccc4S(N)(=O)=O)cc3)c2)c1. The summed E-state index contributed by atoms with van der Waals surface area (Å²) in [7, 11) is -3.84. The van der Waals surface area contributed by atoms with Crippen LogP contribution in [0.4, 0.5) is 0 Å². The fourth-order valence-corrected chi connectivity index (χ4v) is 4.55. The molecular weight excluding hydrogens is 432 g/mol. The van der Waals surface area contributed by atoms with E-state index in [2.05, 4.69) is 0 Å². The van der Waals surface area contributed by atoms with Crippen LogP contribution in [0.1, 0.15) is 22.7 Å². The van der Waals surface area contributed by atoms with Crippen molar-refractivity contribution in [2.75, 3.05) is 0 Å². The van der Waals surface area contributed by atoms with Crippen LogP contribution in [0.2, 0.25) is 0 Å². The second-order valence-corrected chi connectivity index (χ2v) is 9.29. The lowest BCUT2D eigenvalue weighted by molar-refractivity contribution is 0.598. The monoisotopic (exact) mass is 456 g/mol. The van der Waals surface area contributed by atoms with Crippen LogP contribution < -0.4 is 16.6 Å². The third-order valence-electron chi connectivity index (χ3n) is 5.53. The number of sulfonamides is 1. The maximum atomic E-state index is 11.9. The highest BCUT2D eigenvalue weighted by molar-refractivity contribution is 7.89. The molecule has 0 spiro atoms. The smallest absolute Gasteiger partial charge is 0.238 e. The van der Waals surface area contributed by atoms with Gasteiger partial charge >= 0.3 is 0 Å². The van der Waals surface area contributed by atoms with Gasteiger partial charge in [0.1, 0.15) is 5.84 Å². The highest BCUT2D eigenvalue weighted by Crippen LogP contribution is 2.30. The van der Waals surface area contributed by atoms with Crippen molar-refractivity contribution in [3.63, 3.8) is 0 Å². The lowest BCUT2D eigenvalue weighted by Crippen LogP contribution is -2.13. The number of benzene rings is 4. The average Bonchev–Trinajstić information content (AvgIpc) is 2.83. The summed E-state index contributed by atoms with van der Waals surface area (Å²) in [5.74, 6) is 0.0220. The van der Waals surface area contributed by atoms with E-state index in [0.29, 0.717) is 11.1 Å². The Labute approximate surface area is 193 Å². The molecule has 0 aliphatic heterocycles. The van der Waals surface area contributed by atoms with Crippen LogP contribution in [0, 0.1) is 5.41 Å². The van der Waals surface area contributed by atoms with E-state index in [4.69, 9.17) is 22.0 Å². The molecule has 0 heterocycles. The van der Waals surface area contributed by atoms with Crippen LogP contribution in [0.5, 0.6) is 0 Å². The van der Waals surface area contributed by atoms with Gasteiger partial charge in [-0.1, -0.05) is 78.9 Å². The predicted octanol–water partition coefficient (Wildman–Crippen LogP) is 4.00. The third-order valence-corrected chi connectivity index (χ3v) is 6.50. The van der Waals surface area contributed by atoms with Crippen molar-refractivity contribution in [2.45, 2.75) is 10.9 Å². The molecule has 1 unspecified atom stereocenters. The van der Waals surface area contributed by atoms with Gasteiger partial charge in [-0.25, -0.2) is 13.6 Å². The zero-order valence-corrected chi connectivity index (χ0v) is 18.6. The molecule has 6 nitrogen and oxygen atoms in total. The van der Waals surface area contributed by atoms with E-state index >= 15 is 0 Å². The molecule has 7 N–H and O–H groups in total. The normalized spacial score (nSPS) is 12.3. The van der Waals surface area contributed by atoms with Crippen molar-refractivity contribution in [1.29, 1.82) is 5.41 Å². The molecule has 0 fully saturated rings. The molecular formula is C26H24N4O2S. The maximum absolute atomic E-state index is 11.9.